The molecule has 1 aromatic heterocycles. The van der Waals surface area contributed by atoms with E-state index >= 15 is 0 Å². The normalized spacial score (nSPS) is 10.1. The fourth-order valence-electron chi connectivity index (χ4n) is 1.46. The predicted octanol–water partition coefficient (Wildman–Crippen LogP) is 2.75. The van der Waals surface area contributed by atoms with E-state index in [2.05, 4.69) is 10.5 Å². The van der Waals surface area contributed by atoms with Crippen LogP contribution in [0.3, 0.4) is 0 Å². The van der Waals surface area contributed by atoms with Gasteiger partial charge < -0.3 is 9.84 Å². The molecule has 1 N–H and O–H groups in total. The maximum atomic E-state index is 13.5. The van der Waals surface area contributed by atoms with Gasteiger partial charge in [0.15, 0.2) is 11.6 Å². The SMILES string of the molecule is Cc1cc(CNc2ccc(C#N)c(F)c2F)no1. The molecule has 1 aromatic carbocycles. The van der Waals surface area contributed by atoms with Crippen LogP contribution < -0.4 is 5.32 Å². The molecular weight excluding hydrogens is 240 g/mol. The fourth-order valence-corrected chi connectivity index (χ4v) is 1.46. The van der Waals surface area contributed by atoms with Gasteiger partial charge in [0.25, 0.3) is 0 Å². The fraction of sp³-hybridized carbons (Fsp3) is 0.167. The van der Waals surface area contributed by atoms with Gasteiger partial charge in [-0.25, -0.2) is 8.78 Å². The summed E-state index contributed by atoms with van der Waals surface area (Å²) in [7, 11) is 0. The molecule has 0 unspecified atom stereocenters. The molecule has 0 bridgehead atoms. The molecule has 0 radical (unpaired) electrons. The highest BCUT2D eigenvalue weighted by molar-refractivity contribution is 5.49. The van der Waals surface area contributed by atoms with Crippen molar-refractivity contribution in [3.8, 4) is 6.07 Å². The van der Waals surface area contributed by atoms with Gasteiger partial charge >= 0.3 is 0 Å². The Labute approximate surface area is 102 Å². The van der Waals surface area contributed by atoms with Gasteiger partial charge in [-0.1, -0.05) is 5.16 Å². The van der Waals surface area contributed by atoms with Crippen molar-refractivity contribution in [2.45, 2.75) is 13.5 Å². The van der Waals surface area contributed by atoms with Crippen molar-refractivity contribution in [3.05, 3.63) is 46.9 Å². The Bertz CT molecular complexity index is 616. The molecule has 1 heterocycles. The number of nitrogens with one attached hydrogen (secondary N) is 1. The van der Waals surface area contributed by atoms with E-state index in [0.29, 0.717) is 11.5 Å². The van der Waals surface area contributed by atoms with Crippen molar-refractivity contribution < 1.29 is 13.3 Å². The Hall–Kier alpha value is -2.42. The minimum Gasteiger partial charge on any atom is -0.377 e. The Morgan fingerprint density at radius 1 is 1.39 bits per heavy atom. The topological polar surface area (TPSA) is 61.9 Å². The van der Waals surface area contributed by atoms with Gasteiger partial charge in [-0.15, -0.1) is 0 Å². The third kappa shape index (κ3) is 2.30. The lowest BCUT2D eigenvalue weighted by atomic mass is 10.2. The molecule has 0 aliphatic rings. The highest BCUT2D eigenvalue weighted by Gasteiger charge is 2.13. The van der Waals surface area contributed by atoms with E-state index in [0.717, 1.165) is 0 Å². The molecule has 6 heteroatoms. The number of nitrogens with zero attached hydrogens (tertiary/aromatic N) is 2. The number of nitriles is 1. The molecule has 4 nitrogen and oxygen atoms in total. The maximum absolute atomic E-state index is 13.5. The van der Waals surface area contributed by atoms with E-state index in [1.807, 2.05) is 0 Å². The summed E-state index contributed by atoms with van der Waals surface area (Å²) >= 11 is 0. The summed E-state index contributed by atoms with van der Waals surface area (Å²) < 4.78 is 31.7. The van der Waals surface area contributed by atoms with Crippen LogP contribution in [0.1, 0.15) is 17.0 Å². The molecule has 0 spiro atoms. The lowest BCUT2D eigenvalue weighted by Crippen LogP contribution is -2.04. The monoisotopic (exact) mass is 249 g/mol. The van der Waals surface area contributed by atoms with E-state index in [1.165, 1.54) is 12.1 Å². The van der Waals surface area contributed by atoms with E-state index in [4.69, 9.17) is 9.78 Å². The Balaban J connectivity index is 2.15. The summed E-state index contributed by atoms with van der Waals surface area (Å²) in [5, 5.41) is 14.9. The lowest BCUT2D eigenvalue weighted by molar-refractivity contribution is 0.391. The number of rotatable bonds is 3. The van der Waals surface area contributed by atoms with Gasteiger partial charge in [-0.2, -0.15) is 5.26 Å². The number of anilines is 1. The summed E-state index contributed by atoms with van der Waals surface area (Å²) in [4.78, 5) is 0. The molecule has 2 rings (SSSR count). The van der Waals surface area contributed by atoms with E-state index in [1.54, 1.807) is 19.1 Å². The lowest BCUT2D eigenvalue weighted by Gasteiger charge is -2.06. The largest absolute Gasteiger partial charge is 0.377 e. The number of halogens is 2. The van der Waals surface area contributed by atoms with Crippen LogP contribution in [0.2, 0.25) is 0 Å². The van der Waals surface area contributed by atoms with Crippen LogP contribution in [0.5, 0.6) is 0 Å². The van der Waals surface area contributed by atoms with E-state index in [9.17, 15) is 8.78 Å². The van der Waals surface area contributed by atoms with Crippen molar-refractivity contribution in [1.29, 1.82) is 5.26 Å². The van der Waals surface area contributed by atoms with Crippen LogP contribution in [0.4, 0.5) is 14.5 Å². The molecule has 18 heavy (non-hydrogen) atoms. The summed E-state index contributed by atoms with van der Waals surface area (Å²) in [5.74, 6) is -1.59. The summed E-state index contributed by atoms with van der Waals surface area (Å²) in [6.07, 6.45) is 0. The molecule has 0 aliphatic carbocycles. The second kappa shape index (κ2) is 4.84. The van der Waals surface area contributed by atoms with Crippen molar-refractivity contribution in [2.24, 2.45) is 0 Å². The number of hydrogen-bond acceptors (Lipinski definition) is 4. The molecule has 0 saturated carbocycles. The second-order valence-electron chi connectivity index (χ2n) is 3.68. The molecule has 0 atom stereocenters. The zero-order chi connectivity index (χ0) is 13.1. The number of aromatic nitrogens is 1. The second-order valence-corrected chi connectivity index (χ2v) is 3.68. The first-order chi connectivity index (χ1) is 8.61. The first-order valence-corrected chi connectivity index (χ1v) is 5.16. The zero-order valence-corrected chi connectivity index (χ0v) is 9.50. The van der Waals surface area contributed by atoms with Gasteiger partial charge in [-0.05, 0) is 19.1 Å². The molecular formula is C12H9F2N3O. The average Bonchev–Trinajstić information content (AvgIpc) is 2.77. The van der Waals surface area contributed by atoms with Gasteiger partial charge in [0, 0.05) is 6.07 Å². The van der Waals surface area contributed by atoms with Crippen molar-refractivity contribution >= 4 is 5.69 Å². The van der Waals surface area contributed by atoms with Crippen LogP contribution in [-0.4, -0.2) is 5.16 Å². The van der Waals surface area contributed by atoms with Gasteiger partial charge in [0.2, 0.25) is 0 Å². The van der Waals surface area contributed by atoms with Gasteiger partial charge in [0.1, 0.15) is 17.5 Å². The van der Waals surface area contributed by atoms with Gasteiger partial charge in [-0.3, -0.25) is 0 Å². The van der Waals surface area contributed by atoms with E-state index < -0.39 is 11.6 Å². The molecule has 0 amide bonds. The Kier molecular flexibility index (Phi) is 3.24. The Morgan fingerprint density at radius 3 is 2.78 bits per heavy atom. The zero-order valence-electron chi connectivity index (χ0n) is 9.50. The smallest absolute Gasteiger partial charge is 0.183 e. The summed E-state index contributed by atoms with van der Waals surface area (Å²) in [5.41, 5.74) is 0.235. The first kappa shape index (κ1) is 12.0. The highest BCUT2D eigenvalue weighted by Crippen LogP contribution is 2.20. The number of aryl methyl sites for hydroxylation is 1. The third-order valence-corrected chi connectivity index (χ3v) is 2.34. The van der Waals surface area contributed by atoms with Crippen LogP contribution >= 0.6 is 0 Å². The van der Waals surface area contributed by atoms with Crippen molar-refractivity contribution in [1.82, 2.24) is 5.16 Å². The number of hydrogen-bond donors (Lipinski definition) is 1. The molecule has 2 aromatic rings. The number of benzene rings is 1. The van der Waals surface area contributed by atoms with Crippen LogP contribution in [-0.2, 0) is 6.54 Å². The van der Waals surface area contributed by atoms with Crippen molar-refractivity contribution in [3.63, 3.8) is 0 Å². The minimum absolute atomic E-state index is 0.0212. The average molecular weight is 249 g/mol. The standard InChI is InChI=1S/C12H9F2N3O/c1-7-4-9(17-18-7)6-16-10-3-2-8(5-15)11(13)12(10)14/h2-4,16H,6H2,1H3. The third-order valence-electron chi connectivity index (χ3n) is 2.34. The summed E-state index contributed by atoms with van der Waals surface area (Å²) in [6, 6.07) is 5.78. The summed E-state index contributed by atoms with van der Waals surface area (Å²) in [6.45, 7) is 1.94. The maximum Gasteiger partial charge on any atom is 0.183 e. The molecule has 0 fully saturated rings. The molecule has 0 aliphatic heterocycles. The Morgan fingerprint density at radius 2 is 2.17 bits per heavy atom. The van der Waals surface area contributed by atoms with Crippen LogP contribution in [0, 0.1) is 29.9 Å². The highest BCUT2D eigenvalue weighted by atomic mass is 19.2. The first-order valence-electron chi connectivity index (χ1n) is 5.16. The van der Waals surface area contributed by atoms with Crippen molar-refractivity contribution in [2.75, 3.05) is 5.32 Å². The predicted molar refractivity (Wildman–Crippen MR) is 59.6 cm³/mol. The minimum atomic E-state index is -1.15. The van der Waals surface area contributed by atoms with Gasteiger partial charge in [0.05, 0.1) is 17.8 Å². The quantitative estimate of drug-likeness (QED) is 0.908. The van der Waals surface area contributed by atoms with Crippen LogP contribution in [0.25, 0.3) is 0 Å². The van der Waals surface area contributed by atoms with E-state index in [-0.39, 0.29) is 17.8 Å². The molecule has 92 valence electrons. The van der Waals surface area contributed by atoms with Crippen LogP contribution in [0.15, 0.2) is 22.7 Å². The molecule has 0 saturated heterocycles.